The van der Waals surface area contributed by atoms with Crippen LogP contribution in [0, 0.1) is 0 Å². The Labute approximate surface area is 117 Å². The monoisotopic (exact) mass is 284 g/mol. The van der Waals surface area contributed by atoms with Gasteiger partial charge in [0.1, 0.15) is 6.04 Å². The molecule has 0 unspecified atom stereocenters. The fourth-order valence-electron chi connectivity index (χ4n) is 1.98. The highest BCUT2D eigenvalue weighted by molar-refractivity contribution is 6.01. The van der Waals surface area contributed by atoms with Crippen molar-refractivity contribution in [2.75, 3.05) is 6.54 Å². The molecule has 1 atom stereocenters. The maximum absolute atomic E-state index is 11.4. The van der Waals surface area contributed by atoms with E-state index in [1.54, 1.807) is 0 Å². The third-order valence-electron chi connectivity index (χ3n) is 3.19. The SMILES string of the molecule is C[C@H](NC(=O)CCCCCN1C(=O)CCC1=O)C(=O)O. The van der Waals surface area contributed by atoms with Gasteiger partial charge < -0.3 is 10.4 Å². The number of unbranched alkanes of at least 4 members (excludes halogenated alkanes) is 2. The Morgan fingerprint density at radius 3 is 2.35 bits per heavy atom. The van der Waals surface area contributed by atoms with E-state index in [0.717, 1.165) is 0 Å². The van der Waals surface area contributed by atoms with Crippen LogP contribution >= 0.6 is 0 Å². The van der Waals surface area contributed by atoms with Crippen molar-refractivity contribution in [2.45, 2.75) is 51.5 Å². The summed E-state index contributed by atoms with van der Waals surface area (Å²) in [6, 6.07) is -0.887. The van der Waals surface area contributed by atoms with E-state index >= 15 is 0 Å². The van der Waals surface area contributed by atoms with E-state index in [9.17, 15) is 19.2 Å². The summed E-state index contributed by atoms with van der Waals surface area (Å²) >= 11 is 0. The number of carbonyl (C=O) groups is 4. The van der Waals surface area contributed by atoms with Gasteiger partial charge in [0.05, 0.1) is 0 Å². The van der Waals surface area contributed by atoms with Gasteiger partial charge in [0.2, 0.25) is 17.7 Å². The summed E-state index contributed by atoms with van der Waals surface area (Å²) in [5.74, 6) is -1.61. The molecule has 2 N–H and O–H groups in total. The van der Waals surface area contributed by atoms with Crippen LogP contribution in [0.1, 0.15) is 45.4 Å². The van der Waals surface area contributed by atoms with Crippen molar-refractivity contribution in [1.29, 1.82) is 0 Å². The first-order valence-corrected chi connectivity index (χ1v) is 6.77. The smallest absolute Gasteiger partial charge is 0.325 e. The Bertz CT molecular complexity index is 392. The lowest BCUT2D eigenvalue weighted by Crippen LogP contribution is -2.38. The molecule has 0 aliphatic carbocycles. The Balaban J connectivity index is 2.10. The molecule has 0 saturated carbocycles. The summed E-state index contributed by atoms with van der Waals surface area (Å²) in [4.78, 5) is 45.8. The maximum Gasteiger partial charge on any atom is 0.325 e. The highest BCUT2D eigenvalue weighted by Crippen LogP contribution is 2.13. The fraction of sp³-hybridized carbons (Fsp3) is 0.692. The summed E-state index contributed by atoms with van der Waals surface area (Å²) in [6.45, 7) is 1.82. The second kappa shape index (κ2) is 7.62. The number of hydrogen-bond acceptors (Lipinski definition) is 4. The number of imide groups is 1. The molecule has 1 aliphatic rings. The van der Waals surface area contributed by atoms with E-state index in [0.29, 0.717) is 38.6 Å². The second-order valence-corrected chi connectivity index (χ2v) is 4.88. The molecule has 0 spiro atoms. The quantitative estimate of drug-likeness (QED) is 0.492. The molecule has 3 amide bonds. The summed E-state index contributed by atoms with van der Waals surface area (Å²) in [5, 5.41) is 11.0. The fourth-order valence-corrected chi connectivity index (χ4v) is 1.98. The highest BCUT2D eigenvalue weighted by atomic mass is 16.4. The van der Waals surface area contributed by atoms with Gasteiger partial charge in [-0.3, -0.25) is 24.1 Å². The van der Waals surface area contributed by atoms with E-state index in [1.165, 1.54) is 11.8 Å². The predicted molar refractivity (Wildman–Crippen MR) is 69.7 cm³/mol. The average molecular weight is 284 g/mol. The molecule has 1 aliphatic heterocycles. The molecule has 1 fully saturated rings. The number of carboxylic acids is 1. The molecule has 0 radical (unpaired) electrons. The number of amides is 3. The van der Waals surface area contributed by atoms with Crippen molar-refractivity contribution < 1.29 is 24.3 Å². The van der Waals surface area contributed by atoms with Gasteiger partial charge in [0, 0.05) is 25.8 Å². The largest absolute Gasteiger partial charge is 0.480 e. The average Bonchev–Trinajstić information content (AvgIpc) is 2.69. The van der Waals surface area contributed by atoms with Crippen LogP contribution in [0.25, 0.3) is 0 Å². The zero-order valence-electron chi connectivity index (χ0n) is 11.6. The van der Waals surface area contributed by atoms with E-state index < -0.39 is 12.0 Å². The topological polar surface area (TPSA) is 104 Å². The first kappa shape index (κ1) is 16.1. The predicted octanol–water partition coefficient (Wildman–Crippen LogP) is 0.285. The summed E-state index contributed by atoms with van der Waals surface area (Å²) < 4.78 is 0. The first-order chi connectivity index (χ1) is 9.41. The van der Waals surface area contributed by atoms with Crippen molar-refractivity contribution in [1.82, 2.24) is 10.2 Å². The van der Waals surface area contributed by atoms with Crippen LogP contribution in [0.3, 0.4) is 0 Å². The van der Waals surface area contributed by atoms with Gasteiger partial charge in [-0.25, -0.2) is 0 Å². The van der Waals surface area contributed by atoms with E-state index in [-0.39, 0.29) is 24.1 Å². The first-order valence-electron chi connectivity index (χ1n) is 6.77. The minimum absolute atomic E-state index is 0.122. The lowest BCUT2D eigenvalue weighted by molar-refractivity contribution is -0.141. The lowest BCUT2D eigenvalue weighted by atomic mass is 10.1. The van der Waals surface area contributed by atoms with Gasteiger partial charge in [-0.1, -0.05) is 6.42 Å². The van der Waals surface area contributed by atoms with E-state index in [1.807, 2.05) is 0 Å². The zero-order chi connectivity index (χ0) is 15.1. The van der Waals surface area contributed by atoms with Gasteiger partial charge in [-0.15, -0.1) is 0 Å². The molecule has 7 nitrogen and oxygen atoms in total. The molecule has 20 heavy (non-hydrogen) atoms. The number of aliphatic carboxylic acids is 1. The second-order valence-electron chi connectivity index (χ2n) is 4.88. The van der Waals surface area contributed by atoms with Gasteiger partial charge in [-0.2, -0.15) is 0 Å². The summed E-state index contributed by atoms with van der Waals surface area (Å²) in [5.41, 5.74) is 0. The van der Waals surface area contributed by atoms with Crippen molar-refractivity contribution in [2.24, 2.45) is 0 Å². The van der Waals surface area contributed by atoms with Crippen LogP contribution in [0.5, 0.6) is 0 Å². The van der Waals surface area contributed by atoms with Crippen LogP contribution in [-0.4, -0.2) is 46.3 Å². The molecule has 1 rings (SSSR count). The molecule has 0 bridgehead atoms. The molecule has 1 heterocycles. The van der Waals surface area contributed by atoms with Gasteiger partial charge >= 0.3 is 5.97 Å². The lowest BCUT2D eigenvalue weighted by Gasteiger charge is -2.13. The minimum Gasteiger partial charge on any atom is -0.480 e. The number of nitrogens with one attached hydrogen (secondary N) is 1. The molecule has 1 saturated heterocycles. The maximum atomic E-state index is 11.4. The molecule has 0 aromatic heterocycles. The van der Waals surface area contributed by atoms with Gasteiger partial charge in [-0.05, 0) is 19.8 Å². The van der Waals surface area contributed by atoms with Crippen LogP contribution in [0.4, 0.5) is 0 Å². The normalized spacial score (nSPS) is 16.4. The highest BCUT2D eigenvalue weighted by Gasteiger charge is 2.27. The molecule has 112 valence electrons. The van der Waals surface area contributed by atoms with Gasteiger partial charge in [0.25, 0.3) is 0 Å². The van der Waals surface area contributed by atoms with Crippen molar-refractivity contribution >= 4 is 23.7 Å². The number of likely N-dealkylation sites (tertiary alicyclic amines) is 1. The third kappa shape index (κ3) is 4.99. The zero-order valence-corrected chi connectivity index (χ0v) is 11.6. The minimum atomic E-state index is -1.07. The Hall–Kier alpha value is -1.92. The van der Waals surface area contributed by atoms with Crippen LogP contribution < -0.4 is 5.32 Å². The molecular formula is C13H20N2O5. The van der Waals surface area contributed by atoms with Crippen LogP contribution in [0.15, 0.2) is 0 Å². The van der Waals surface area contributed by atoms with Crippen molar-refractivity contribution in [3.63, 3.8) is 0 Å². The van der Waals surface area contributed by atoms with E-state index in [4.69, 9.17) is 5.11 Å². The number of carboxylic acid groups (broad SMARTS) is 1. The third-order valence-corrected chi connectivity index (χ3v) is 3.19. The van der Waals surface area contributed by atoms with Gasteiger partial charge in [0.15, 0.2) is 0 Å². The number of rotatable bonds is 8. The van der Waals surface area contributed by atoms with Crippen molar-refractivity contribution in [3.8, 4) is 0 Å². The summed E-state index contributed by atoms with van der Waals surface area (Å²) in [7, 11) is 0. The van der Waals surface area contributed by atoms with Crippen molar-refractivity contribution in [3.05, 3.63) is 0 Å². The molecule has 7 heteroatoms. The molecular weight excluding hydrogens is 264 g/mol. The Morgan fingerprint density at radius 1 is 1.20 bits per heavy atom. The Morgan fingerprint density at radius 2 is 1.80 bits per heavy atom. The van der Waals surface area contributed by atoms with E-state index in [2.05, 4.69) is 5.32 Å². The number of hydrogen-bond donors (Lipinski definition) is 2. The van der Waals surface area contributed by atoms with Crippen LogP contribution in [0.2, 0.25) is 0 Å². The molecule has 0 aromatic rings. The standard InChI is InChI=1S/C13H20N2O5/c1-9(13(19)20)14-10(16)5-3-2-4-8-15-11(17)6-7-12(15)18/h9H,2-8H2,1H3,(H,14,16)(H,19,20)/t9-/m0/s1. The van der Waals surface area contributed by atoms with Crippen LogP contribution in [-0.2, 0) is 19.2 Å². The Kier molecular flexibility index (Phi) is 6.14. The molecule has 0 aromatic carbocycles. The number of carbonyl (C=O) groups excluding carboxylic acids is 3. The number of nitrogens with zero attached hydrogens (tertiary/aromatic N) is 1. The summed E-state index contributed by atoms with van der Waals surface area (Å²) in [6.07, 6.45) is 2.84.